The summed E-state index contributed by atoms with van der Waals surface area (Å²) in [5.41, 5.74) is 0. The highest BCUT2D eigenvalue weighted by molar-refractivity contribution is 9.10. The Morgan fingerprint density at radius 3 is 2.95 bits per heavy atom. The first-order valence-corrected chi connectivity index (χ1v) is 8.98. The van der Waals surface area contributed by atoms with Gasteiger partial charge in [-0.15, -0.1) is 11.3 Å². The summed E-state index contributed by atoms with van der Waals surface area (Å²) in [5, 5.41) is 5.57. The molecular weight excluding hydrogens is 342 g/mol. The van der Waals surface area contributed by atoms with Gasteiger partial charge >= 0.3 is 0 Å². The number of hydrogen-bond acceptors (Lipinski definition) is 3. The first-order valence-electron chi connectivity index (χ1n) is 6.33. The first-order chi connectivity index (χ1) is 9.00. The zero-order valence-electron chi connectivity index (χ0n) is 11.6. The predicted octanol–water partition coefficient (Wildman–Crippen LogP) is 3.41. The quantitative estimate of drug-likeness (QED) is 0.645. The van der Waals surface area contributed by atoms with Gasteiger partial charge in [0.2, 0.25) is 0 Å². The average molecular weight is 362 g/mol. The smallest absolute Gasteiger partial charge is 0.194 e. The number of thioether (sulfide) groups is 1. The number of rotatable bonds is 2. The number of aliphatic imine (C=N–C) groups is 1. The Kier molecular flexibility index (Phi) is 5.20. The number of nitrogens with zero attached hydrogens (tertiary/aromatic N) is 2. The normalized spacial score (nSPS) is 19.6. The van der Waals surface area contributed by atoms with Crippen molar-refractivity contribution in [3.8, 4) is 0 Å². The van der Waals surface area contributed by atoms with Gasteiger partial charge in [-0.05, 0) is 35.8 Å². The van der Waals surface area contributed by atoms with Crippen LogP contribution in [0.25, 0.3) is 0 Å². The van der Waals surface area contributed by atoms with Crippen LogP contribution in [0.3, 0.4) is 0 Å². The number of guanidine groups is 1. The summed E-state index contributed by atoms with van der Waals surface area (Å²) >= 11 is 7.29. The van der Waals surface area contributed by atoms with Crippen LogP contribution in [0, 0.1) is 0 Å². The molecule has 0 spiro atoms. The molecule has 106 valence electrons. The molecule has 2 heterocycles. The van der Waals surface area contributed by atoms with Gasteiger partial charge in [0.15, 0.2) is 5.96 Å². The molecule has 0 unspecified atom stereocenters. The highest BCUT2D eigenvalue weighted by Crippen LogP contribution is 2.29. The predicted molar refractivity (Wildman–Crippen MR) is 90.3 cm³/mol. The van der Waals surface area contributed by atoms with E-state index in [1.807, 2.05) is 18.8 Å². The molecule has 1 aromatic rings. The molecule has 1 aliphatic rings. The fourth-order valence-electron chi connectivity index (χ4n) is 2.14. The van der Waals surface area contributed by atoms with Crippen LogP contribution in [0.1, 0.15) is 18.7 Å². The van der Waals surface area contributed by atoms with Crippen molar-refractivity contribution >= 4 is 45.0 Å². The lowest BCUT2D eigenvalue weighted by atomic mass is 10.2. The third kappa shape index (κ3) is 4.39. The standard InChI is InChI=1S/C13H20BrN3S2/c1-13(2)9-17(4-5-19-13)12(15-3)16-7-11-6-10(14)8-18-11/h6,8H,4-5,7,9H2,1-3H3,(H,15,16). The highest BCUT2D eigenvalue weighted by Gasteiger charge is 2.28. The summed E-state index contributed by atoms with van der Waals surface area (Å²) in [6.45, 7) is 7.56. The summed E-state index contributed by atoms with van der Waals surface area (Å²) in [4.78, 5) is 8.09. The van der Waals surface area contributed by atoms with E-state index in [1.165, 1.54) is 4.88 Å². The van der Waals surface area contributed by atoms with Gasteiger partial charge in [-0.1, -0.05) is 0 Å². The fourth-order valence-corrected chi connectivity index (χ4v) is 4.64. The van der Waals surface area contributed by atoms with Crippen molar-refractivity contribution in [1.29, 1.82) is 0 Å². The largest absolute Gasteiger partial charge is 0.351 e. The molecule has 1 aromatic heterocycles. The maximum Gasteiger partial charge on any atom is 0.194 e. The van der Waals surface area contributed by atoms with E-state index in [1.54, 1.807) is 11.3 Å². The van der Waals surface area contributed by atoms with Crippen LogP contribution in [-0.4, -0.2) is 41.5 Å². The summed E-state index contributed by atoms with van der Waals surface area (Å²) in [6, 6.07) is 2.15. The molecule has 2 rings (SSSR count). The van der Waals surface area contributed by atoms with Gasteiger partial charge < -0.3 is 10.2 Å². The SMILES string of the molecule is CN=C(NCc1cc(Br)cs1)N1CCSC(C)(C)C1. The minimum atomic E-state index is 0.307. The van der Waals surface area contributed by atoms with Crippen molar-refractivity contribution in [2.75, 3.05) is 25.9 Å². The van der Waals surface area contributed by atoms with Crippen LogP contribution in [-0.2, 0) is 6.54 Å². The van der Waals surface area contributed by atoms with Crippen molar-refractivity contribution in [1.82, 2.24) is 10.2 Å². The van der Waals surface area contributed by atoms with Gasteiger partial charge in [-0.25, -0.2) is 0 Å². The number of nitrogens with one attached hydrogen (secondary N) is 1. The van der Waals surface area contributed by atoms with Crippen LogP contribution in [0.15, 0.2) is 20.9 Å². The average Bonchev–Trinajstić information content (AvgIpc) is 2.75. The van der Waals surface area contributed by atoms with Crippen molar-refractivity contribution in [3.63, 3.8) is 0 Å². The van der Waals surface area contributed by atoms with Crippen LogP contribution >= 0.6 is 39.0 Å². The molecule has 1 aliphatic heterocycles. The van der Waals surface area contributed by atoms with Gasteiger partial charge in [-0.3, -0.25) is 4.99 Å². The Balaban J connectivity index is 1.93. The molecule has 1 fully saturated rings. The lowest BCUT2D eigenvalue weighted by Gasteiger charge is -2.39. The summed E-state index contributed by atoms with van der Waals surface area (Å²) in [7, 11) is 1.86. The van der Waals surface area contributed by atoms with E-state index in [9.17, 15) is 0 Å². The van der Waals surface area contributed by atoms with Gasteiger partial charge in [0.25, 0.3) is 0 Å². The fraction of sp³-hybridized carbons (Fsp3) is 0.615. The Morgan fingerprint density at radius 2 is 2.37 bits per heavy atom. The molecule has 0 atom stereocenters. The lowest BCUT2D eigenvalue weighted by molar-refractivity contribution is 0.376. The summed E-state index contributed by atoms with van der Waals surface area (Å²) in [5.74, 6) is 2.18. The molecule has 0 radical (unpaired) electrons. The second-order valence-electron chi connectivity index (χ2n) is 5.16. The number of halogens is 1. The lowest BCUT2D eigenvalue weighted by Crippen LogP contribution is -2.50. The molecule has 0 amide bonds. The number of hydrogen-bond donors (Lipinski definition) is 1. The van der Waals surface area contributed by atoms with Crippen molar-refractivity contribution in [3.05, 3.63) is 20.8 Å². The van der Waals surface area contributed by atoms with Crippen molar-refractivity contribution in [2.24, 2.45) is 4.99 Å². The Morgan fingerprint density at radius 1 is 1.58 bits per heavy atom. The van der Waals surface area contributed by atoms with Gasteiger partial charge in [0, 0.05) is 45.4 Å². The van der Waals surface area contributed by atoms with E-state index < -0.39 is 0 Å². The van der Waals surface area contributed by atoms with Crippen LogP contribution in [0.2, 0.25) is 0 Å². The maximum atomic E-state index is 4.41. The Labute approximate surface area is 132 Å². The highest BCUT2D eigenvalue weighted by atomic mass is 79.9. The Bertz CT molecular complexity index is 456. The molecule has 1 saturated heterocycles. The molecule has 19 heavy (non-hydrogen) atoms. The molecule has 0 aromatic carbocycles. The zero-order valence-corrected chi connectivity index (χ0v) is 14.8. The van der Waals surface area contributed by atoms with E-state index in [0.29, 0.717) is 4.75 Å². The molecule has 1 N–H and O–H groups in total. The molecule has 0 aliphatic carbocycles. The topological polar surface area (TPSA) is 27.6 Å². The molecule has 6 heteroatoms. The number of thiophene rings is 1. The van der Waals surface area contributed by atoms with Gasteiger partial charge in [0.1, 0.15) is 0 Å². The third-order valence-corrected chi connectivity index (χ3v) is 5.97. The molecule has 0 saturated carbocycles. The van der Waals surface area contributed by atoms with Crippen molar-refractivity contribution < 1.29 is 0 Å². The molecule has 0 bridgehead atoms. The van der Waals surface area contributed by atoms with E-state index in [-0.39, 0.29) is 0 Å². The minimum absolute atomic E-state index is 0.307. The minimum Gasteiger partial charge on any atom is -0.351 e. The Hall–Kier alpha value is -0.200. The first kappa shape index (κ1) is 15.2. The van der Waals surface area contributed by atoms with Crippen LogP contribution < -0.4 is 5.32 Å². The molecular formula is C13H20BrN3S2. The van der Waals surface area contributed by atoms with E-state index in [0.717, 1.165) is 35.8 Å². The van der Waals surface area contributed by atoms with Gasteiger partial charge in [-0.2, -0.15) is 11.8 Å². The zero-order chi connectivity index (χ0) is 13.9. The van der Waals surface area contributed by atoms with Crippen molar-refractivity contribution in [2.45, 2.75) is 25.1 Å². The monoisotopic (exact) mass is 361 g/mol. The second-order valence-corrected chi connectivity index (χ2v) is 8.88. The maximum absolute atomic E-state index is 4.41. The van der Waals surface area contributed by atoms with E-state index in [2.05, 4.69) is 56.4 Å². The second kappa shape index (κ2) is 6.50. The third-order valence-electron chi connectivity index (χ3n) is 2.98. The van der Waals surface area contributed by atoms with Crippen LogP contribution in [0.5, 0.6) is 0 Å². The van der Waals surface area contributed by atoms with Gasteiger partial charge in [0.05, 0.1) is 6.54 Å². The van der Waals surface area contributed by atoms with Crippen LogP contribution in [0.4, 0.5) is 0 Å². The summed E-state index contributed by atoms with van der Waals surface area (Å²) in [6.07, 6.45) is 0. The summed E-state index contributed by atoms with van der Waals surface area (Å²) < 4.78 is 1.46. The van der Waals surface area contributed by atoms with E-state index in [4.69, 9.17) is 0 Å². The molecule has 3 nitrogen and oxygen atoms in total. The van der Waals surface area contributed by atoms with E-state index >= 15 is 0 Å².